The van der Waals surface area contributed by atoms with Gasteiger partial charge in [-0.3, -0.25) is 0 Å². The summed E-state index contributed by atoms with van der Waals surface area (Å²) >= 11 is 5.93. The molecule has 1 aliphatic rings. The van der Waals surface area contributed by atoms with Gasteiger partial charge >= 0.3 is 0 Å². The molecule has 1 aromatic carbocycles. The van der Waals surface area contributed by atoms with Crippen LogP contribution in [0.2, 0.25) is 5.02 Å². The Morgan fingerprint density at radius 1 is 1.19 bits per heavy atom. The van der Waals surface area contributed by atoms with E-state index in [0.29, 0.717) is 12.1 Å². The van der Waals surface area contributed by atoms with Crippen molar-refractivity contribution < 1.29 is 0 Å². The number of hydrogen-bond acceptors (Lipinski definition) is 2. The van der Waals surface area contributed by atoms with Crippen molar-refractivity contribution in [2.24, 2.45) is 0 Å². The second-order valence-electron chi connectivity index (χ2n) is 6.65. The summed E-state index contributed by atoms with van der Waals surface area (Å²) in [4.78, 5) is 2.42. The maximum absolute atomic E-state index is 5.93. The zero-order chi connectivity index (χ0) is 15.2. The monoisotopic (exact) mass is 308 g/mol. The van der Waals surface area contributed by atoms with Gasteiger partial charge in [0.25, 0.3) is 0 Å². The van der Waals surface area contributed by atoms with Crippen LogP contribution >= 0.6 is 11.6 Å². The lowest BCUT2D eigenvalue weighted by molar-refractivity contribution is 0.260. The number of benzene rings is 1. The van der Waals surface area contributed by atoms with Gasteiger partial charge in [0.1, 0.15) is 0 Å². The van der Waals surface area contributed by atoms with Crippen LogP contribution in [-0.4, -0.2) is 37.1 Å². The van der Waals surface area contributed by atoms with E-state index in [1.165, 1.54) is 37.8 Å². The summed E-state index contributed by atoms with van der Waals surface area (Å²) in [6.07, 6.45) is 5.11. The Hall–Kier alpha value is -0.570. The van der Waals surface area contributed by atoms with Crippen LogP contribution in [0.15, 0.2) is 24.3 Å². The molecule has 2 nitrogen and oxygen atoms in total. The van der Waals surface area contributed by atoms with Crippen LogP contribution in [0.5, 0.6) is 0 Å². The van der Waals surface area contributed by atoms with Crippen LogP contribution in [-0.2, 0) is 0 Å². The third kappa shape index (κ3) is 5.28. The first-order valence-electron chi connectivity index (χ1n) is 8.25. The number of unbranched alkanes of at least 4 members (excludes halogenated alkanes) is 1. The Labute approximate surface area is 134 Å². The van der Waals surface area contributed by atoms with Gasteiger partial charge in [0, 0.05) is 17.1 Å². The van der Waals surface area contributed by atoms with Crippen LogP contribution in [0.4, 0.5) is 0 Å². The van der Waals surface area contributed by atoms with Gasteiger partial charge in [0.05, 0.1) is 0 Å². The van der Waals surface area contributed by atoms with Crippen molar-refractivity contribution >= 4 is 11.6 Å². The van der Waals surface area contributed by atoms with Crippen LogP contribution in [0.1, 0.15) is 51.0 Å². The topological polar surface area (TPSA) is 15.3 Å². The first-order valence-corrected chi connectivity index (χ1v) is 8.63. The van der Waals surface area contributed by atoms with Crippen molar-refractivity contribution in [3.8, 4) is 0 Å². The van der Waals surface area contributed by atoms with Gasteiger partial charge < -0.3 is 10.2 Å². The van der Waals surface area contributed by atoms with Gasteiger partial charge in [-0.05, 0) is 83.3 Å². The zero-order valence-electron chi connectivity index (χ0n) is 13.6. The SMILES string of the molecule is CC(C)N(C)CCCCNC1CC(c2ccc(Cl)cc2)C1. The molecule has 0 bridgehead atoms. The van der Waals surface area contributed by atoms with Crippen molar-refractivity contribution in [1.82, 2.24) is 10.2 Å². The minimum absolute atomic E-state index is 0.657. The molecule has 0 amide bonds. The minimum atomic E-state index is 0.657. The van der Waals surface area contributed by atoms with Crippen molar-refractivity contribution in [3.05, 3.63) is 34.9 Å². The molecule has 3 heteroatoms. The maximum atomic E-state index is 5.93. The molecule has 1 aliphatic carbocycles. The molecule has 0 spiro atoms. The molecule has 1 aromatic rings. The van der Waals surface area contributed by atoms with Crippen molar-refractivity contribution in [3.63, 3.8) is 0 Å². The van der Waals surface area contributed by atoms with Crippen LogP contribution < -0.4 is 5.32 Å². The Morgan fingerprint density at radius 2 is 1.86 bits per heavy atom. The van der Waals surface area contributed by atoms with Gasteiger partial charge in [-0.2, -0.15) is 0 Å². The van der Waals surface area contributed by atoms with E-state index in [-0.39, 0.29) is 0 Å². The highest BCUT2D eigenvalue weighted by atomic mass is 35.5. The number of hydrogen-bond donors (Lipinski definition) is 1. The van der Waals surface area contributed by atoms with E-state index in [0.717, 1.165) is 17.5 Å². The van der Waals surface area contributed by atoms with Gasteiger partial charge in [0.2, 0.25) is 0 Å². The third-order valence-electron chi connectivity index (χ3n) is 4.73. The number of halogens is 1. The maximum Gasteiger partial charge on any atom is 0.0406 e. The summed E-state index contributed by atoms with van der Waals surface area (Å²) < 4.78 is 0. The number of nitrogens with zero attached hydrogens (tertiary/aromatic N) is 1. The van der Waals surface area contributed by atoms with Gasteiger partial charge in [-0.1, -0.05) is 23.7 Å². The predicted molar refractivity (Wildman–Crippen MR) is 92.2 cm³/mol. The molecule has 0 unspecified atom stereocenters. The van der Waals surface area contributed by atoms with E-state index < -0.39 is 0 Å². The van der Waals surface area contributed by atoms with Gasteiger partial charge in [-0.15, -0.1) is 0 Å². The Balaban J connectivity index is 1.54. The second kappa shape index (κ2) is 8.17. The smallest absolute Gasteiger partial charge is 0.0406 e. The van der Waals surface area contributed by atoms with E-state index >= 15 is 0 Å². The van der Waals surface area contributed by atoms with Crippen molar-refractivity contribution in [1.29, 1.82) is 0 Å². The Morgan fingerprint density at radius 3 is 2.48 bits per heavy atom. The van der Waals surface area contributed by atoms with E-state index in [4.69, 9.17) is 11.6 Å². The van der Waals surface area contributed by atoms with E-state index in [1.54, 1.807) is 0 Å². The average molecular weight is 309 g/mol. The molecule has 0 atom stereocenters. The highest BCUT2D eigenvalue weighted by Gasteiger charge is 2.29. The quantitative estimate of drug-likeness (QED) is 0.720. The molecule has 0 radical (unpaired) electrons. The summed E-state index contributed by atoms with van der Waals surface area (Å²) in [5.41, 5.74) is 1.44. The first-order chi connectivity index (χ1) is 10.1. The van der Waals surface area contributed by atoms with Gasteiger partial charge in [0.15, 0.2) is 0 Å². The lowest BCUT2D eigenvalue weighted by Gasteiger charge is -2.36. The lowest BCUT2D eigenvalue weighted by Crippen LogP contribution is -2.40. The molecule has 0 saturated heterocycles. The Bertz CT molecular complexity index is 410. The molecule has 118 valence electrons. The normalized spacial score (nSPS) is 21.8. The van der Waals surface area contributed by atoms with Crippen molar-refractivity contribution in [2.75, 3.05) is 20.1 Å². The average Bonchev–Trinajstić information content (AvgIpc) is 2.41. The summed E-state index contributed by atoms with van der Waals surface area (Å²) in [5, 5.41) is 4.52. The standard InChI is InChI=1S/C18H29ClN2/c1-14(2)21(3)11-5-4-10-20-18-12-16(13-18)15-6-8-17(19)9-7-15/h6-9,14,16,18,20H,4-5,10-13H2,1-3H3. The van der Waals surface area contributed by atoms with E-state index in [9.17, 15) is 0 Å². The molecule has 0 heterocycles. The van der Waals surface area contributed by atoms with E-state index in [1.807, 2.05) is 12.1 Å². The molecule has 21 heavy (non-hydrogen) atoms. The second-order valence-corrected chi connectivity index (χ2v) is 7.09. The fraction of sp³-hybridized carbons (Fsp3) is 0.667. The largest absolute Gasteiger partial charge is 0.314 e. The molecule has 1 fully saturated rings. The van der Waals surface area contributed by atoms with Crippen LogP contribution in [0.3, 0.4) is 0 Å². The zero-order valence-corrected chi connectivity index (χ0v) is 14.4. The fourth-order valence-corrected chi connectivity index (χ4v) is 2.97. The number of rotatable bonds is 8. The highest BCUT2D eigenvalue weighted by Crippen LogP contribution is 2.37. The molecule has 0 aliphatic heterocycles. The third-order valence-corrected chi connectivity index (χ3v) is 4.98. The lowest BCUT2D eigenvalue weighted by atomic mass is 9.76. The van der Waals surface area contributed by atoms with Crippen LogP contribution in [0, 0.1) is 0 Å². The summed E-state index contributed by atoms with van der Waals surface area (Å²) in [6, 6.07) is 9.72. The molecule has 1 saturated carbocycles. The summed E-state index contributed by atoms with van der Waals surface area (Å²) in [5.74, 6) is 0.729. The minimum Gasteiger partial charge on any atom is -0.314 e. The highest BCUT2D eigenvalue weighted by molar-refractivity contribution is 6.30. The van der Waals surface area contributed by atoms with E-state index in [2.05, 4.69) is 43.2 Å². The summed E-state index contributed by atoms with van der Waals surface area (Å²) in [6.45, 7) is 6.87. The Kier molecular flexibility index (Phi) is 6.53. The first kappa shape index (κ1) is 16.8. The molecular weight excluding hydrogens is 280 g/mol. The molecular formula is C18H29ClN2. The predicted octanol–water partition coefficient (Wildman–Crippen LogP) is 4.30. The van der Waals surface area contributed by atoms with Gasteiger partial charge in [-0.25, -0.2) is 0 Å². The van der Waals surface area contributed by atoms with Crippen molar-refractivity contribution in [2.45, 2.75) is 57.5 Å². The summed E-state index contributed by atoms with van der Waals surface area (Å²) in [7, 11) is 2.21. The van der Waals surface area contributed by atoms with Crippen LogP contribution in [0.25, 0.3) is 0 Å². The molecule has 0 aromatic heterocycles. The molecule has 2 rings (SSSR count). The molecule has 1 N–H and O–H groups in total. The fourth-order valence-electron chi connectivity index (χ4n) is 2.84. The number of nitrogens with one attached hydrogen (secondary N) is 1.